The lowest BCUT2D eigenvalue weighted by molar-refractivity contribution is -0.139. The Kier molecular flexibility index (Phi) is 3.99. The fourth-order valence-corrected chi connectivity index (χ4v) is 3.90. The minimum Gasteiger partial charge on any atom is -0.481 e. The van der Waals surface area contributed by atoms with Crippen LogP contribution in [0.4, 0.5) is 0 Å². The van der Waals surface area contributed by atoms with Gasteiger partial charge in [0.25, 0.3) is 0 Å². The van der Waals surface area contributed by atoms with E-state index in [1.54, 1.807) is 0 Å². The van der Waals surface area contributed by atoms with Gasteiger partial charge in [0, 0.05) is 13.1 Å². The molecule has 0 amide bonds. The number of hydrogen-bond acceptors (Lipinski definition) is 4. The summed E-state index contributed by atoms with van der Waals surface area (Å²) in [6.45, 7) is 0.374. The largest absolute Gasteiger partial charge is 0.481 e. The van der Waals surface area contributed by atoms with Crippen LogP contribution in [-0.4, -0.2) is 36.9 Å². The molecule has 1 N–H and O–H groups in total. The number of benzene rings is 1. The molecule has 0 unspecified atom stereocenters. The molecule has 1 heterocycles. The minimum absolute atomic E-state index is 0.00951. The van der Waals surface area contributed by atoms with E-state index in [0.717, 1.165) is 0 Å². The lowest BCUT2D eigenvalue weighted by atomic mass is 10.00. The monoisotopic (exact) mass is 314 g/mol. The zero-order valence-electron chi connectivity index (χ0n) is 10.3. The summed E-state index contributed by atoms with van der Waals surface area (Å²) in [6.07, 6.45) is -0.0415. The molecule has 106 valence electrons. The molecule has 1 aromatic rings. The van der Waals surface area contributed by atoms with E-state index in [9.17, 15) is 13.2 Å². The molecule has 1 fully saturated rings. The number of nitrogens with zero attached hydrogens (tertiary/aromatic N) is 2. The maximum atomic E-state index is 12.2. The summed E-state index contributed by atoms with van der Waals surface area (Å²) in [5.41, 5.74) is 0.206. The van der Waals surface area contributed by atoms with Gasteiger partial charge in [-0.25, -0.2) is 8.42 Å². The van der Waals surface area contributed by atoms with Crippen molar-refractivity contribution in [3.05, 3.63) is 28.8 Å². The third-order valence-corrected chi connectivity index (χ3v) is 5.23. The van der Waals surface area contributed by atoms with Gasteiger partial charge in [0.15, 0.2) is 0 Å². The normalized spacial score (nSPS) is 16.4. The van der Waals surface area contributed by atoms with Crippen LogP contribution < -0.4 is 0 Å². The van der Waals surface area contributed by atoms with E-state index in [4.69, 9.17) is 22.0 Å². The van der Waals surface area contributed by atoms with Crippen molar-refractivity contribution in [2.45, 2.75) is 11.3 Å². The van der Waals surface area contributed by atoms with Crippen molar-refractivity contribution in [2.75, 3.05) is 13.1 Å². The first-order valence-corrected chi connectivity index (χ1v) is 7.58. The Morgan fingerprint density at radius 2 is 2.15 bits per heavy atom. The molecule has 0 bridgehead atoms. The number of hydrogen-bond donors (Lipinski definition) is 1. The van der Waals surface area contributed by atoms with Crippen LogP contribution in [0.25, 0.3) is 0 Å². The van der Waals surface area contributed by atoms with Crippen LogP contribution in [-0.2, 0) is 14.8 Å². The Morgan fingerprint density at radius 3 is 2.65 bits per heavy atom. The predicted molar refractivity (Wildman–Crippen MR) is 70.7 cm³/mol. The quantitative estimate of drug-likeness (QED) is 0.903. The van der Waals surface area contributed by atoms with Gasteiger partial charge in [-0.05, 0) is 24.1 Å². The van der Waals surface area contributed by atoms with Crippen LogP contribution >= 0.6 is 11.6 Å². The van der Waals surface area contributed by atoms with Gasteiger partial charge in [-0.2, -0.15) is 9.57 Å². The third-order valence-electron chi connectivity index (χ3n) is 3.09. The molecule has 6 nitrogen and oxygen atoms in total. The van der Waals surface area contributed by atoms with Crippen molar-refractivity contribution in [2.24, 2.45) is 5.92 Å². The first-order chi connectivity index (χ1) is 9.34. The molecule has 1 aliphatic heterocycles. The molecule has 0 atom stereocenters. The van der Waals surface area contributed by atoms with Crippen molar-refractivity contribution < 1.29 is 18.3 Å². The molecule has 8 heteroatoms. The maximum absolute atomic E-state index is 12.2. The van der Waals surface area contributed by atoms with Gasteiger partial charge >= 0.3 is 5.97 Å². The predicted octanol–water partition coefficient (Wildman–Crippen LogP) is 1.31. The van der Waals surface area contributed by atoms with Crippen LogP contribution in [0, 0.1) is 17.2 Å². The van der Waals surface area contributed by atoms with E-state index in [0.29, 0.717) is 0 Å². The summed E-state index contributed by atoms with van der Waals surface area (Å²) < 4.78 is 25.7. The standard InChI is InChI=1S/C12H11ClN2O4S/c13-11-4-10(2-1-9(11)5-14)20(18,19)15-6-8(7-15)3-12(16)17/h1-2,4,8H,3,6-7H2,(H,16,17). The van der Waals surface area contributed by atoms with Crippen LogP contribution in [0.2, 0.25) is 5.02 Å². The first kappa shape index (κ1) is 14.8. The molecule has 0 radical (unpaired) electrons. The molecular weight excluding hydrogens is 304 g/mol. The Hall–Kier alpha value is -1.62. The number of carboxylic acid groups (broad SMARTS) is 1. The van der Waals surface area contributed by atoms with Crippen LogP contribution in [0.1, 0.15) is 12.0 Å². The fourth-order valence-electron chi connectivity index (χ4n) is 1.99. The van der Waals surface area contributed by atoms with E-state index < -0.39 is 16.0 Å². The number of halogens is 1. The number of aliphatic carboxylic acids is 1. The molecule has 1 aromatic carbocycles. The first-order valence-electron chi connectivity index (χ1n) is 5.76. The van der Waals surface area contributed by atoms with Crippen molar-refractivity contribution in [1.29, 1.82) is 5.26 Å². The number of carbonyl (C=O) groups is 1. The fraction of sp³-hybridized carbons (Fsp3) is 0.333. The van der Waals surface area contributed by atoms with E-state index in [2.05, 4.69) is 0 Å². The van der Waals surface area contributed by atoms with Crippen molar-refractivity contribution in [1.82, 2.24) is 4.31 Å². The van der Waals surface area contributed by atoms with Crippen molar-refractivity contribution in [3.63, 3.8) is 0 Å². The molecule has 0 saturated carbocycles. The van der Waals surface area contributed by atoms with Gasteiger partial charge in [0.2, 0.25) is 10.0 Å². The summed E-state index contributed by atoms with van der Waals surface area (Å²) in [5, 5.41) is 17.5. The third kappa shape index (κ3) is 2.77. The highest BCUT2D eigenvalue weighted by Gasteiger charge is 2.37. The van der Waals surface area contributed by atoms with Crippen molar-refractivity contribution >= 4 is 27.6 Å². The molecule has 0 aromatic heterocycles. The molecule has 0 aliphatic carbocycles. The molecule has 2 rings (SSSR count). The van der Waals surface area contributed by atoms with E-state index >= 15 is 0 Å². The molecule has 0 spiro atoms. The highest BCUT2D eigenvalue weighted by Crippen LogP contribution is 2.29. The highest BCUT2D eigenvalue weighted by molar-refractivity contribution is 7.89. The Morgan fingerprint density at radius 1 is 1.50 bits per heavy atom. The molecule has 1 saturated heterocycles. The molecular formula is C12H11ClN2O4S. The lowest BCUT2D eigenvalue weighted by Crippen LogP contribution is -2.50. The second-order valence-corrected chi connectivity index (χ2v) is 6.88. The number of rotatable bonds is 4. The number of carboxylic acids is 1. The topological polar surface area (TPSA) is 98.5 Å². The van der Waals surface area contributed by atoms with Gasteiger partial charge in [0.1, 0.15) is 6.07 Å². The van der Waals surface area contributed by atoms with Crippen molar-refractivity contribution in [3.8, 4) is 6.07 Å². The smallest absolute Gasteiger partial charge is 0.303 e. The van der Waals surface area contributed by atoms with Gasteiger partial charge in [-0.1, -0.05) is 11.6 Å². The van der Waals surface area contributed by atoms with Crippen LogP contribution in [0.15, 0.2) is 23.1 Å². The molecule has 20 heavy (non-hydrogen) atoms. The Bertz CT molecular complexity index is 690. The zero-order valence-corrected chi connectivity index (χ0v) is 11.9. The van der Waals surface area contributed by atoms with Gasteiger partial charge in [-0.15, -0.1) is 0 Å². The highest BCUT2D eigenvalue weighted by atomic mass is 35.5. The van der Waals surface area contributed by atoms with E-state index in [1.165, 1.54) is 22.5 Å². The van der Waals surface area contributed by atoms with Crippen LogP contribution in [0.3, 0.4) is 0 Å². The lowest BCUT2D eigenvalue weighted by Gasteiger charge is -2.37. The summed E-state index contributed by atoms with van der Waals surface area (Å²) in [7, 11) is -3.67. The summed E-state index contributed by atoms with van der Waals surface area (Å²) in [6, 6.07) is 5.76. The second-order valence-electron chi connectivity index (χ2n) is 4.54. The number of nitriles is 1. The second kappa shape index (κ2) is 5.40. The Balaban J connectivity index is 2.15. The molecule has 1 aliphatic rings. The maximum Gasteiger partial charge on any atom is 0.303 e. The van der Waals surface area contributed by atoms with E-state index in [1.807, 2.05) is 6.07 Å². The Labute approximate surface area is 121 Å². The number of sulfonamides is 1. The SMILES string of the molecule is N#Cc1ccc(S(=O)(=O)N2CC(CC(=O)O)C2)cc1Cl. The van der Waals surface area contributed by atoms with E-state index in [-0.39, 0.29) is 40.9 Å². The van der Waals surface area contributed by atoms with Gasteiger partial charge in [-0.3, -0.25) is 4.79 Å². The summed E-state index contributed by atoms with van der Waals surface area (Å²) >= 11 is 5.82. The van der Waals surface area contributed by atoms with Crippen LogP contribution in [0.5, 0.6) is 0 Å². The minimum atomic E-state index is -3.67. The zero-order chi connectivity index (χ0) is 14.9. The average Bonchev–Trinajstić information content (AvgIpc) is 2.32. The van der Waals surface area contributed by atoms with Gasteiger partial charge < -0.3 is 5.11 Å². The summed E-state index contributed by atoms with van der Waals surface area (Å²) in [4.78, 5) is 10.5. The average molecular weight is 315 g/mol. The summed E-state index contributed by atoms with van der Waals surface area (Å²) in [5.74, 6) is -1.09. The van der Waals surface area contributed by atoms with Gasteiger partial charge in [0.05, 0.1) is 21.9 Å².